The largest absolute Gasteiger partial charge is 0.382 e. The zero-order valence-electron chi connectivity index (χ0n) is 11.0. The molecule has 0 unspecified atom stereocenters. The Morgan fingerprint density at radius 3 is 2.32 bits per heavy atom. The van der Waals surface area contributed by atoms with Gasteiger partial charge in [-0.15, -0.1) is 0 Å². The molecule has 0 aromatic heterocycles. The Balaban J connectivity index is 2.08. The van der Waals surface area contributed by atoms with Crippen LogP contribution in [0.4, 0.5) is 8.78 Å². The van der Waals surface area contributed by atoms with Gasteiger partial charge in [-0.2, -0.15) is 0 Å². The molecule has 1 fully saturated rings. The molecule has 104 valence electrons. The highest BCUT2D eigenvalue weighted by molar-refractivity contribution is 5.89. The Bertz CT molecular complexity index is 457. The Hall–Kier alpha value is -1.29. The number of carbonyl (C=O) groups is 1. The van der Waals surface area contributed by atoms with Crippen LogP contribution in [0.15, 0.2) is 18.2 Å². The van der Waals surface area contributed by atoms with Crippen molar-refractivity contribution in [2.45, 2.75) is 44.6 Å². The summed E-state index contributed by atoms with van der Waals surface area (Å²) in [6.07, 6.45) is 2.36. The van der Waals surface area contributed by atoms with Gasteiger partial charge < -0.3 is 5.11 Å². The minimum absolute atomic E-state index is 0.125. The number of rotatable bonds is 3. The number of carbonyl (C=O) groups excluding carboxylic acids is 1. The van der Waals surface area contributed by atoms with E-state index in [-0.39, 0.29) is 17.8 Å². The molecule has 0 heterocycles. The molecular formula is C15H18F2O2. The average molecular weight is 268 g/mol. The van der Waals surface area contributed by atoms with E-state index in [4.69, 9.17) is 0 Å². The smallest absolute Gasteiger partial charge is 0.168 e. The predicted molar refractivity (Wildman–Crippen MR) is 67.7 cm³/mol. The molecule has 0 spiro atoms. The highest BCUT2D eigenvalue weighted by atomic mass is 19.1. The molecule has 1 aliphatic rings. The maximum atomic E-state index is 13.1. The number of hydrogen-bond donors (Lipinski definition) is 1. The first-order valence-electron chi connectivity index (χ1n) is 6.60. The third-order valence-electron chi connectivity index (χ3n) is 3.91. The van der Waals surface area contributed by atoms with Crippen molar-refractivity contribution in [2.75, 3.05) is 0 Å². The van der Waals surface area contributed by atoms with Gasteiger partial charge >= 0.3 is 0 Å². The zero-order valence-corrected chi connectivity index (χ0v) is 11.0. The first-order valence-corrected chi connectivity index (χ1v) is 6.60. The standard InChI is InChI=1S/C15H18F2O2/c1-10-2-4-15(19,5-3-10)14(18)8-11-6-12(16)9-13(17)7-11/h6-7,9-10,19H,2-5,8H2,1H3. The summed E-state index contributed by atoms with van der Waals surface area (Å²) in [4.78, 5) is 12.1. The van der Waals surface area contributed by atoms with E-state index in [1.54, 1.807) is 0 Å². The van der Waals surface area contributed by atoms with Crippen molar-refractivity contribution in [1.29, 1.82) is 0 Å². The number of Topliss-reactive ketones (excluding diaryl/α,β-unsaturated/α-hetero) is 1. The molecule has 0 radical (unpaired) electrons. The van der Waals surface area contributed by atoms with Crippen molar-refractivity contribution < 1.29 is 18.7 Å². The topological polar surface area (TPSA) is 37.3 Å². The van der Waals surface area contributed by atoms with Crippen molar-refractivity contribution >= 4 is 5.78 Å². The summed E-state index contributed by atoms with van der Waals surface area (Å²) in [6, 6.07) is 3.04. The lowest BCUT2D eigenvalue weighted by atomic mass is 9.76. The molecule has 0 bridgehead atoms. The average Bonchev–Trinajstić information content (AvgIpc) is 2.32. The van der Waals surface area contributed by atoms with E-state index >= 15 is 0 Å². The fourth-order valence-corrected chi connectivity index (χ4v) is 2.58. The van der Waals surface area contributed by atoms with Gasteiger partial charge in [-0.1, -0.05) is 6.92 Å². The maximum absolute atomic E-state index is 13.1. The third-order valence-corrected chi connectivity index (χ3v) is 3.91. The van der Waals surface area contributed by atoms with E-state index in [1.165, 1.54) is 0 Å². The first kappa shape index (κ1) is 14.1. The molecule has 1 aromatic rings. The second-order valence-corrected chi connectivity index (χ2v) is 5.59. The molecule has 1 N–H and O–H groups in total. The monoisotopic (exact) mass is 268 g/mol. The summed E-state index contributed by atoms with van der Waals surface area (Å²) < 4.78 is 26.1. The van der Waals surface area contributed by atoms with E-state index in [0.717, 1.165) is 31.0 Å². The number of ketones is 1. The number of benzene rings is 1. The van der Waals surface area contributed by atoms with Gasteiger partial charge in [0.2, 0.25) is 0 Å². The molecule has 4 heteroatoms. The molecule has 0 saturated heterocycles. The number of aliphatic hydroxyl groups is 1. The lowest BCUT2D eigenvalue weighted by molar-refractivity contribution is -0.140. The highest BCUT2D eigenvalue weighted by Crippen LogP contribution is 2.33. The molecule has 1 saturated carbocycles. The first-order chi connectivity index (χ1) is 8.89. The Morgan fingerprint density at radius 2 is 1.79 bits per heavy atom. The van der Waals surface area contributed by atoms with Crippen LogP contribution in [0.25, 0.3) is 0 Å². The van der Waals surface area contributed by atoms with Crippen LogP contribution in [0.3, 0.4) is 0 Å². The lowest BCUT2D eigenvalue weighted by Crippen LogP contribution is -2.42. The summed E-state index contributed by atoms with van der Waals surface area (Å²) in [7, 11) is 0. The van der Waals surface area contributed by atoms with Gasteiger partial charge in [-0.25, -0.2) is 8.78 Å². The third kappa shape index (κ3) is 3.38. The fourth-order valence-electron chi connectivity index (χ4n) is 2.58. The molecule has 1 aliphatic carbocycles. The van der Waals surface area contributed by atoms with Gasteiger partial charge in [-0.3, -0.25) is 4.79 Å². The number of halogens is 2. The molecule has 2 nitrogen and oxygen atoms in total. The summed E-state index contributed by atoms with van der Waals surface area (Å²) in [5, 5.41) is 10.3. The predicted octanol–water partition coefficient (Wildman–Crippen LogP) is 3.02. The summed E-state index contributed by atoms with van der Waals surface area (Å²) in [5.41, 5.74) is -1.05. The van der Waals surface area contributed by atoms with Gasteiger partial charge in [0.25, 0.3) is 0 Å². The van der Waals surface area contributed by atoms with Crippen LogP contribution < -0.4 is 0 Å². The second-order valence-electron chi connectivity index (χ2n) is 5.59. The van der Waals surface area contributed by atoms with Crippen LogP contribution >= 0.6 is 0 Å². The minimum atomic E-state index is -1.32. The zero-order chi connectivity index (χ0) is 14.0. The van der Waals surface area contributed by atoms with Crippen LogP contribution in [0.5, 0.6) is 0 Å². The lowest BCUT2D eigenvalue weighted by Gasteiger charge is -2.33. The van der Waals surface area contributed by atoms with Crippen molar-refractivity contribution in [2.24, 2.45) is 5.92 Å². The van der Waals surface area contributed by atoms with E-state index in [9.17, 15) is 18.7 Å². The maximum Gasteiger partial charge on any atom is 0.168 e. The van der Waals surface area contributed by atoms with Crippen molar-refractivity contribution in [1.82, 2.24) is 0 Å². The highest BCUT2D eigenvalue weighted by Gasteiger charge is 2.38. The van der Waals surface area contributed by atoms with Crippen LogP contribution in [0.1, 0.15) is 38.2 Å². The summed E-state index contributed by atoms with van der Waals surface area (Å²) in [6.45, 7) is 2.09. The van der Waals surface area contributed by atoms with Crippen molar-refractivity contribution in [3.8, 4) is 0 Å². The van der Waals surface area contributed by atoms with Gasteiger partial charge in [0.15, 0.2) is 5.78 Å². The van der Waals surface area contributed by atoms with E-state index < -0.39 is 17.2 Å². The normalized spacial score (nSPS) is 27.3. The van der Waals surface area contributed by atoms with Crippen LogP contribution in [-0.4, -0.2) is 16.5 Å². The van der Waals surface area contributed by atoms with Gasteiger partial charge in [-0.05, 0) is 49.3 Å². The van der Waals surface area contributed by atoms with Crippen LogP contribution in [-0.2, 0) is 11.2 Å². The molecule has 19 heavy (non-hydrogen) atoms. The fraction of sp³-hybridized carbons (Fsp3) is 0.533. The van der Waals surface area contributed by atoms with Crippen LogP contribution in [0, 0.1) is 17.6 Å². The van der Waals surface area contributed by atoms with Crippen molar-refractivity contribution in [3.63, 3.8) is 0 Å². The second kappa shape index (κ2) is 5.37. The molecule has 0 aliphatic heterocycles. The Kier molecular flexibility index (Phi) is 3.99. The van der Waals surface area contributed by atoms with E-state index in [2.05, 4.69) is 6.92 Å². The Morgan fingerprint density at radius 1 is 1.26 bits per heavy atom. The summed E-state index contributed by atoms with van der Waals surface area (Å²) in [5.74, 6) is -1.23. The summed E-state index contributed by atoms with van der Waals surface area (Å²) >= 11 is 0. The molecule has 1 aromatic carbocycles. The van der Waals surface area contributed by atoms with E-state index in [0.29, 0.717) is 18.8 Å². The molecule has 2 rings (SSSR count). The van der Waals surface area contributed by atoms with Gasteiger partial charge in [0.05, 0.1) is 0 Å². The Labute approximate surface area is 111 Å². The van der Waals surface area contributed by atoms with Gasteiger partial charge in [0, 0.05) is 12.5 Å². The molecular weight excluding hydrogens is 250 g/mol. The SMILES string of the molecule is CC1CCC(O)(C(=O)Cc2cc(F)cc(F)c2)CC1. The minimum Gasteiger partial charge on any atom is -0.382 e. The van der Waals surface area contributed by atoms with Crippen LogP contribution in [0.2, 0.25) is 0 Å². The van der Waals surface area contributed by atoms with Crippen molar-refractivity contribution in [3.05, 3.63) is 35.4 Å². The number of hydrogen-bond acceptors (Lipinski definition) is 2. The van der Waals surface area contributed by atoms with Gasteiger partial charge in [0.1, 0.15) is 17.2 Å². The quantitative estimate of drug-likeness (QED) is 0.915. The van der Waals surface area contributed by atoms with E-state index in [1.807, 2.05) is 0 Å². The molecule has 0 atom stereocenters. The molecule has 0 amide bonds.